The Labute approximate surface area is 145 Å². The van der Waals surface area contributed by atoms with E-state index in [1.807, 2.05) is 47.4 Å². The molecule has 1 atom stereocenters. The lowest BCUT2D eigenvalue weighted by Crippen LogP contribution is -2.22. The summed E-state index contributed by atoms with van der Waals surface area (Å²) in [4.78, 5) is 6.83. The maximum Gasteiger partial charge on any atom is 0.162 e. The van der Waals surface area contributed by atoms with E-state index in [0.29, 0.717) is 0 Å². The van der Waals surface area contributed by atoms with Gasteiger partial charge in [0.2, 0.25) is 0 Å². The SMILES string of the molecule is C[C@H](c1ccon1)N(C)Cc1cnc2c(-c3ccccc3)cnn2c1. The van der Waals surface area contributed by atoms with Crippen LogP contribution in [0, 0.1) is 0 Å². The normalized spacial score (nSPS) is 12.8. The third kappa shape index (κ3) is 3.04. The van der Waals surface area contributed by atoms with Gasteiger partial charge in [-0.15, -0.1) is 0 Å². The molecular weight excluding hydrogens is 314 g/mol. The van der Waals surface area contributed by atoms with E-state index in [4.69, 9.17) is 4.52 Å². The molecule has 6 nitrogen and oxygen atoms in total. The van der Waals surface area contributed by atoms with Gasteiger partial charge in [-0.05, 0) is 19.5 Å². The Morgan fingerprint density at radius 2 is 2.00 bits per heavy atom. The number of hydrogen-bond acceptors (Lipinski definition) is 5. The maximum absolute atomic E-state index is 4.94. The molecule has 4 rings (SSSR count). The van der Waals surface area contributed by atoms with Gasteiger partial charge in [0.1, 0.15) is 12.0 Å². The van der Waals surface area contributed by atoms with Crippen LogP contribution in [-0.2, 0) is 6.54 Å². The summed E-state index contributed by atoms with van der Waals surface area (Å²) < 4.78 is 6.77. The van der Waals surface area contributed by atoms with Gasteiger partial charge in [0.25, 0.3) is 0 Å². The van der Waals surface area contributed by atoms with Crippen LogP contribution in [0.4, 0.5) is 0 Å². The molecule has 6 heteroatoms. The lowest BCUT2D eigenvalue weighted by molar-refractivity contribution is 0.240. The molecule has 0 amide bonds. The standard InChI is InChI=1S/C19H19N5O/c1-14(18-8-9-25-22-18)23(2)12-15-10-20-19-17(11-21-24(19)13-15)16-6-4-3-5-7-16/h3-11,13-14H,12H2,1-2H3/t14-/m1/s1. The fourth-order valence-corrected chi connectivity index (χ4v) is 2.90. The highest BCUT2D eigenvalue weighted by Gasteiger charge is 2.15. The summed E-state index contributed by atoms with van der Waals surface area (Å²) in [6, 6.07) is 12.2. The minimum Gasteiger partial charge on any atom is -0.364 e. The molecule has 0 spiro atoms. The van der Waals surface area contributed by atoms with Gasteiger partial charge in [-0.1, -0.05) is 35.5 Å². The van der Waals surface area contributed by atoms with Crippen LogP contribution in [0.1, 0.15) is 24.2 Å². The highest BCUT2D eigenvalue weighted by molar-refractivity contribution is 5.76. The molecule has 0 saturated carbocycles. The van der Waals surface area contributed by atoms with Crippen molar-refractivity contribution in [1.29, 1.82) is 0 Å². The van der Waals surface area contributed by atoms with Crippen molar-refractivity contribution in [1.82, 2.24) is 24.7 Å². The first-order valence-corrected chi connectivity index (χ1v) is 8.20. The number of fused-ring (bicyclic) bond motifs is 1. The van der Waals surface area contributed by atoms with Crippen LogP contribution >= 0.6 is 0 Å². The summed E-state index contributed by atoms with van der Waals surface area (Å²) >= 11 is 0. The molecular formula is C19H19N5O. The molecule has 0 aliphatic rings. The third-order valence-electron chi connectivity index (χ3n) is 4.47. The first-order valence-electron chi connectivity index (χ1n) is 8.20. The first-order chi connectivity index (χ1) is 12.2. The van der Waals surface area contributed by atoms with Crippen molar-refractivity contribution in [2.24, 2.45) is 0 Å². The molecule has 0 unspecified atom stereocenters. The lowest BCUT2D eigenvalue weighted by Gasteiger charge is -2.22. The van der Waals surface area contributed by atoms with Gasteiger partial charge in [-0.3, -0.25) is 4.90 Å². The molecule has 0 bridgehead atoms. The van der Waals surface area contributed by atoms with E-state index in [1.165, 1.54) is 0 Å². The maximum atomic E-state index is 4.94. The average Bonchev–Trinajstić information content (AvgIpc) is 3.31. The van der Waals surface area contributed by atoms with Crippen LogP contribution < -0.4 is 0 Å². The Kier molecular flexibility index (Phi) is 4.03. The predicted octanol–water partition coefficient (Wildman–Crippen LogP) is 3.58. The number of rotatable bonds is 5. The Bertz CT molecular complexity index is 962. The molecule has 3 aromatic heterocycles. The fourth-order valence-electron chi connectivity index (χ4n) is 2.90. The van der Waals surface area contributed by atoms with Crippen molar-refractivity contribution in [2.45, 2.75) is 19.5 Å². The Hall–Kier alpha value is -2.99. The second kappa shape index (κ2) is 6.49. The minimum atomic E-state index is 0.159. The highest BCUT2D eigenvalue weighted by atomic mass is 16.5. The number of benzene rings is 1. The van der Waals surface area contributed by atoms with E-state index >= 15 is 0 Å². The molecule has 3 heterocycles. The van der Waals surface area contributed by atoms with E-state index in [0.717, 1.165) is 34.6 Å². The zero-order chi connectivity index (χ0) is 17.2. The zero-order valence-electron chi connectivity index (χ0n) is 14.2. The summed E-state index contributed by atoms with van der Waals surface area (Å²) in [5.41, 5.74) is 5.03. The van der Waals surface area contributed by atoms with Gasteiger partial charge in [0, 0.05) is 36.1 Å². The second-order valence-corrected chi connectivity index (χ2v) is 6.17. The smallest absolute Gasteiger partial charge is 0.162 e. The molecule has 126 valence electrons. The number of aromatic nitrogens is 4. The van der Waals surface area contributed by atoms with Gasteiger partial charge < -0.3 is 4.52 Å². The quantitative estimate of drug-likeness (QED) is 0.559. The highest BCUT2D eigenvalue weighted by Crippen LogP contribution is 2.23. The molecule has 4 aromatic rings. The first kappa shape index (κ1) is 15.5. The van der Waals surface area contributed by atoms with Crippen molar-refractivity contribution in [3.05, 3.63) is 72.5 Å². The minimum absolute atomic E-state index is 0.159. The molecule has 0 aliphatic heterocycles. The van der Waals surface area contributed by atoms with E-state index < -0.39 is 0 Å². The summed E-state index contributed by atoms with van der Waals surface area (Å²) in [5.74, 6) is 0. The predicted molar refractivity (Wildman–Crippen MR) is 94.8 cm³/mol. The second-order valence-electron chi connectivity index (χ2n) is 6.17. The zero-order valence-corrected chi connectivity index (χ0v) is 14.2. The van der Waals surface area contributed by atoms with Gasteiger partial charge >= 0.3 is 0 Å². The molecule has 0 saturated heterocycles. The largest absolute Gasteiger partial charge is 0.364 e. The van der Waals surface area contributed by atoms with Crippen molar-refractivity contribution in [3.63, 3.8) is 0 Å². The van der Waals surface area contributed by atoms with Crippen LogP contribution in [0.5, 0.6) is 0 Å². The van der Waals surface area contributed by atoms with Crippen LogP contribution in [0.15, 0.2) is 65.8 Å². The van der Waals surface area contributed by atoms with E-state index in [1.54, 1.807) is 6.26 Å². The molecule has 0 radical (unpaired) electrons. The Morgan fingerprint density at radius 1 is 1.16 bits per heavy atom. The summed E-state index contributed by atoms with van der Waals surface area (Å²) in [6.07, 6.45) is 7.40. The van der Waals surface area contributed by atoms with E-state index in [-0.39, 0.29) is 6.04 Å². The summed E-state index contributed by atoms with van der Waals surface area (Å²) in [7, 11) is 2.06. The number of hydrogen-bond donors (Lipinski definition) is 0. The van der Waals surface area contributed by atoms with Crippen molar-refractivity contribution in [2.75, 3.05) is 7.05 Å². The fraction of sp³-hybridized carbons (Fsp3) is 0.211. The van der Waals surface area contributed by atoms with Crippen molar-refractivity contribution in [3.8, 4) is 11.1 Å². The van der Waals surface area contributed by atoms with Crippen molar-refractivity contribution >= 4 is 5.65 Å². The molecule has 1 aromatic carbocycles. The Balaban J connectivity index is 1.58. The summed E-state index contributed by atoms with van der Waals surface area (Å²) in [6.45, 7) is 2.85. The molecule has 25 heavy (non-hydrogen) atoms. The van der Waals surface area contributed by atoms with Gasteiger partial charge in [-0.25, -0.2) is 9.50 Å². The summed E-state index contributed by atoms with van der Waals surface area (Å²) in [5, 5.41) is 8.48. The topological polar surface area (TPSA) is 59.5 Å². The molecule has 0 N–H and O–H groups in total. The third-order valence-corrected chi connectivity index (χ3v) is 4.47. The van der Waals surface area contributed by atoms with E-state index in [2.05, 4.69) is 46.2 Å². The van der Waals surface area contributed by atoms with Crippen LogP contribution in [-0.4, -0.2) is 31.7 Å². The van der Waals surface area contributed by atoms with Crippen molar-refractivity contribution < 1.29 is 4.52 Å². The molecule has 0 fully saturated rings. The average molecular weight is 333 g/mol. The van der Waals surface area contributed by atoms with Gasteiger partial charge in [0.15, 0.2) is 5.65 Å². The van der Waals surface area contributed by atoms with Crippen LogP contribution in [0.25, 0.3) is 16.8 Å². The number of nitrogens with zero attached hydrogens (tertiary/aromatic N) is 5. The Morgan fingerprint density at radius 3 is 2.76 bits per heavy atom. The van der Waals surface area contributed by atoms with Gasteiger partial charge in [-0.2, -0.15) is 5.10 Å². The molecule has 0 aliphatic carbocycles. The lowest BCUT2D eigenvalue weighted by atomic mass is 10.1. The monoisotopic (exact) mass is 333 g/mol. The van der Waals surface area contributed by atoms with Crippen LogP contribution in [0.2, 0.25) is 0 Å². The van der Waals surface area contributed by atoms with Gasteiger partial charge in [0.05, 0.1) is 12.2 Å². The van der Waals surface area contributed by atoms with Crippen LogP contribution in [0.3, 0.4) is 0 Å². The van der Waals surface area contributed by atoms with E-state index in [9.17, 15) is 0 Å².